The third-order valence-corrected chi connectivity index (χ3v) is 5.16. The number of nitrogens with zero attached hydrogens (tertiary/aromatic N) is 2. The highest BCUT2D eigenvalue weighted by atomic mass is 16.6. The lowest BCUT2D eigenvalue weighted by molar-refractivity contribution is -0.0393. The van der Waals surface area contributed by atoms with Crippen molar-refractivity contribution in [3.63, 3.8) is 0 Å². The minimum Gasteiger partial charge on any atom is -0.388 e. The van der Waals surface area contributed by atoms with Gasteiger partial charge in [-0.2, -0.15) is 0 Å². The van der Waals surface area contributed by atoms with E-state index < -0.39 is 24.2 Å². The summed E-state index contributed by atoms with van der Waals surface area (Å²) in [5.74, 6) is -0.397. The van der Waals surface area contributed by atoms with Gasteiger partial charge in [0.05, 0.1) is 23.8 Å². The topological polar surface area (TPSA) is 149 Å². The second kappa shape index (κ2) is 8.92. The minimum atomic E-state index is -0.830. The van der Waals surface area contributed by atoms with Crippen molar-refractivity contribution in [2.24, 2.45) is 10.7 Å². The van der Waals surface area contributed by atoms with E-state index >= 15 is 0 Å². The molecule has 0 aromatic carbocycles. The molecular weight excluding hydrogens is 350 g/mol. The lowest BCUT2D eigenvalue weighted by Gasteiger charge is -2.21. The summed E-state index contributed by atoms with van der Waals surface area (Å²) in [6.07, 6.45) is 4.36. The highest BCUT2D eigenvalue weighted by Crippen LogP contribution is 2.38. The molecule has 1 aromatic heterocycles. The van der Waals surface area contributed by atoms with Crippen LogP contribution < -0.4 is 17.0 Å². The standard InChI is InChI=1S/C18H29N5O4/c1-2-11-16(26-8-6-4-3-5-7-19)14(24)15(27-11)10-9-21-13-12(10)22-18(20)23-17(13)25/h9-11,14-16,24H,2-8,19H2,1H3,(H3,20,22,23,25)/t10?,11-,14-,15+,16?/m1/s1. The molecule has 0 aliphatic carbocycles. The molecule has 0 saturated carbocycles. The molecule has 150 valence electrons. The van der Waals surface area contributed by atoms with Gasteiger partial charge in [0.25, 0.3) is 5.56 Å². The van der Waals surface area contributed by atoms with Gasteiger partial charge in [-0.3, -0.25) is 14.8 Å². The Hall–Kier alpha value is -1.81. The summed E-state index contributed by atoms with van der Waals surface area (Å²) < 4.78 is 12.0. The molecule has 27 heavy (non-hydrogen) atoms. The zero-order chi connectivity index (χ0) is 19.4. The molecule has 9 heteroatoms. The molecule has 0 bridgehead atoms. The van der Waals surface area contributed by atoms with E-state index in [1.54, 1.807) is 6.21 Å². The largest absolute Gasteiger partial charge is 0.388 e. The Morgan fingerprint density at radius 3 is 2.85 bits per heavy atom. The van der Waals surface area contributed by atoms with Crippen LogP contribution in [0.15, 0.2) is 9.79 Å². The number of aliphatic hydroxyl groups is 1. The number of nitrogen functional groups attached to an aromatic ring is 1. The summed E-state index contributed by atoms with van der Waals surface area (Å²) in [7, 11) is 0. The summed E-state index contributed by atoms with van der Waals surface area (Å²) in [6.45, 7) is 3.27. The Labute approximate surface area is 158 Å². The molecular formula is C18H29N5O4. The van der Waals surface area contributed by atoms with E-state index in [-0.39, 0.29) is 23.3 Å². The molecule has 5 atom stereocenters. The maximum atomic E-state index is 12.0. The van der Waals surface area contributed by atoms with Crippen LogP contribution in [-0.2, 0) is 9.47 Å². The second-order valence-electron chi connectivity index (χ2n) is 7.07. The van der Waals surface area contributed by atoms with Crippen LogP contribution >= 0.6 is 0 Å². The number of rotatable bonds is 9. The first-order valence-electron chi connectivity index (χ1n) is 9.65. The minimum absolute atomic E-state index is 0.0269. The van der Waals surface area contributed by atoms with Crippen molar-refractivity contribution in [2.75, 3.05) is 18.9 Å². The molecule has 2 unspecified atom stereocenters. The lowest BCUT2D eigenvalue weighted by atomic mass is 9.94. The smallest absolute Gasteiger partial charge is 0.278 e. The first-order chi connectivity index (χ1) is 13.1. The molecule has 3 rings (SSSR count). The van der Waals surface area contributed by atoms with Gasteiger partial charge in [0.15, 0.2) is 5.69 Å². The number of aromatic nitrogens is 2. The maximum absolute atomic E-state index is 12.0. The van der Waals surface area contributed by atoms with Crippen LogP contribution in [0.25, 0.3) is 0 Å². The fourth-order valence-electron chi connectivity index (χ4n) is 3.74. The number of aliphatic hydroxyl groups excluding tert-OH is 1. The van der Waals surface area contributed by atoms with Crippen molar-refractivity contribution in [1.29, 1.82) is 0 Å². The van der Waals surface area contributed by atoms with E-state index in [0.717, 1.165) is 25.7 Å². The Morgan fingerprint density at radius 1 is 1.33 bits per heavy atom. The van der Waals surface area contributed by atoms with Crippen LogP contribution in [0.3, 0.4) is 0 Å². The highest BCUT2D eigenvalue weighted by molar-refractivity contribution is 5.80. The van der Waals surface area contributed by atoms with E-state index in [1.165, 1.54) is 0 Å². The predicted octanol–water partition coefficient (Wildman–Crippen LogP) is 0.594. The van der Waals surface area contributed by atoms with E-state index in [4.69, 9.17) is 20.9 Å². The molecule has 1 aromatic rings. The van der Waals surface area contributed by atoms with Gasteiger partial charge in [-0.1, -0.05) is 19.8 Å². The summed E-state index contributed by atoms with van der Waals surface area (Å²) >= 11 is 0. The SMILES string of the molecule is CC[C@H]1O[C@@H](C2C=Nc3c2nc(N)[nH]c3=O)[C@@H](O)C1OCCCCCCN. The van der Waals surface area contributed by atoms with Gasteiger partial charge >= 0.3 is 0 Å². The fourth-order valence-corrected chi connectivity index (χ4v) is 3.74. The Kier molecular flexibility index (Phi) is 6.59. The van der Waals surface area contributed by atoms with Crippen molar-refractivity contribution >= 4 is 17.9 Å². The van der Waals surface area contributed by atoms with E-state index in [9.17, 15) is 9.90 Å². The highest BCUT2D eigenvalue weighted by Gasteiger charge is 2.48. The van der Waals surface area contributed by atoms with Crippen molar-refractivity contribution in [2.45, 2.75) is 69.4 Å². The molecule has 1 fully saturated rings. The third kappa shape index (κ3) is 4.21. The van der Waals surface area contributed by atoms with Crippen LogP contribution in [0.5, 0.6) is 0 Å². The molecule has 2 aliphatic rings. The molecule has 3 heterocycles. The predicted molar refractivity (Wildman–Crippen MR) is 102 cm³/mol. The number of ether oxygens (including phenoxy) is 2. The summed E-state index contributed by atoms with van der Waals surface area (Å²) in [5, 5.41) is 10.8. The van der Waals surface area contributed by atoms with Gasteiger partial charge in [-0.15, -0.1) is 0 Å². The number of unbranched alkanes of at least 4 members (excludes halogenated alkanes) is 3. The number of nitrogens with one attached hydrogen (secondary N) is 1. The molecule has 0 amide bonds. The molecule has 1 saturated heterocycles. The zero-order valence-electron chi connectivity index (χ0n) is 15.6. The first-order valence-corrected chi connectivity index (χ1v) is 9.65. The molecule has 0 spiro atoms. The summed E-state index contributed by atoms with van der Waals surface area (Å²) in [5.41, 5.74) is 11.4. The average Bonchev–Trinajstić information content (AvgIpc) is 3.19. The van der Waals surface area contributed by atoms with Crippen LogP contribution in [0, 0.1) is 0 Å². The first kappa shape index (κ1) is 19.9. The maximum Gasteiger partial charge on any atom is 0.278 e. The quantitative estimate of drug-likeness (QED) is 0.459. The fraction of sp³-hybridized carbons (Fsp3) is 0.722. The number of fused-ring (bicyclic) bond motifs is 1. The van der Waals surface area contributed by atoms with Gasteiger partial charge in [-0.25, -0.2) is 4.98 Å². The Morgan fingerprint density at radius 2 is 2.11 bits per heavy atom. The Balaban J connectivity index is 1.65. The zero-order valence-corrected chi connectivity index (χ0v) is 15.6. The molecule has 9 nitrogen and oxygen atoms in total. The number of aliphatic imine (C=N–C) groups is 1. The van der Waals surface area contributed by atoms with Crippen molar-refractivity contribution in [1.82, 2.24) is 9.97 Å². The summed E-state index contributed by atoms with van der Waals surface area (Å²) in [4.78, 5) is 22.8. The van der Waals surface area contributed by atoms with Crippen molar-refractivity contribution < 1.29 is 14.6 Å². The van der Waals surface area contributed by atoms with Gasteiger partial charge < -0.3 is 26.0 Å². The van der Waals surface area contributed by atoms with Gasteiger partial charge in [-0.05, 0) is 25.8 Å². The van der Waals surface area contributed by atoms with Gasteiger partial charge in [0.1, 0.15) is 12.2 Å². The Bertz CT molecular complexity index is 722. The van der Waals surface area contributed by atoms with Crippen LogP contribution in [0.2, 0.25) is 0 Å². The van der Waals surface area contributed by atoms with Crippen molar-refractivity contribution in [3.05, 3.63) is 16.0 Å². The normalized spacial score (nSPS) is 29.4. The molecule has 0 radical (unpaired) electrons. The van der Waals surface area contributed by atoms with Gasteiger partial charge in [0.2, 0.25) is 5.95 Å². The van der Waals surface area contributed by atoms with E-state index in [1.807, 2.05) is 6.92 Å². The van der Waals surface area contributed by atoms with Crippen LogP contribution in [0.1, 0.15) is 50.6 Å². The lowest BCUT2D eigenvalue weighted by Crippen LogP contribution is -2.37. The number of hydrogen-bond acceptors (Lipinski definition) is 8. The van der Waals surface area contributed by atoms with E-state index in [2.05, 4.69) is 15.0 Å². The third-order valence-electron chi connectivity index (χ3n) is 5.16. The molecule has 2 aliphatic heterocycles. The van der Waals surface area contributed by atoms with E-state index in [0.29, 0.717) is 25.3 Å². The number of anilines is 1. The van der Waals surface area contributed by atoms with Crippen LogP contribution in [-0.4, -0.2) is 58.9 Å². The van der Waals surface area contributed by atoms with Gasteiger partial charge in [0, 0.05) is 12.8 Å². The van der Waals surface area contributed by atoms with Crippen LogP contribution in [0.4, 0.5) is 11.6 Å². The average molecular weight is 379 g/mol. The monoisotopic (exact) mass is 379 g/mol. The number of hydrogen-bond donors (Lipinski definition) is 4. The number of H-pyrrole nitrogens is 1. The second-order valence-corrected chi connectivity index (χ2v) is 7.07. The van der Waals surface area contributed by atoms with Crippen molar-refractivity contribution in [3.8, 4) is 0 Å². The number of aromatic amines is 1. The number of nitrogens with two attached hydrogens (primary N) is 2. The summed E-state index contributed by atoms with van der Waals surface area (Å²) in [6, 6.07) is 0. The molecule has 6 N–H and O–H groups in total.